The van der Waals surface area contributed by atoms with E-state index in [2.05, 4.69) is 15.3 Å². The number of halogens is 1. The van der Waals surface area contributed by atoms with Gasteiger partial charge in [0.05, 0.1) is 5.52 Å². The highest BCUT2D eigenvalue weighted by Crippen LogP contribution is 2.26. The first kappa shape index (κ1) is 16.4. The van der Waals surface area contributed by atoms with Crippen LogP contribution in [0.4, 0.5) is 5.69 Å². The molecule has 0 bridgehead atoms. The Morgan fingerprint density at radius 1 is 1.19 bits per heavy atom. The first-order chi connectivity index (χ1) is 12.6. The summed E-state index contributed by atoms with van der Waals surface area (Å²) >= 11 is 6.02. The number of hydrogen-bond donors (Lipinski definition) is 3. The quantitative estimate of drug-likeness (QED) is 0.487. The smallest absolute Gasteiger partial charge is 0.326 e. The van der Waals surface area contributed by atoms with Gasteiger partial charge < -0.3 is 15.4 Å². The van der Waals surface area contributed by atoms with Crippen molar-refractivity contribution in [1.82, 2.24) is 9.97 Å². The molecule has 26 heavy (non-hydrogen) atoms. The molecule has 0 aliphatic heterocycles. The van der Waals surface area contributed by atoms with Crippen LogP contribution < -0.4 is 5.32 Å². The van der Waals surface area contributed by atoms with Gasteiger partial charge in [-0.25, -0.2) is 4.79 Å². The van der Waals surface area contributed by atoms with E-state index in [1.807, 2.05) is 36.5 Å². The van der Waals surface area contributed by atoms with E-state index >= 15 is 0 Å². The number of nitrogens with zero attached hydrogens (tertiary/aromatic N) is 1. The standard InChI is InChI=1S/C20H16ClN3O2/c21-13-5-6-15-17(7-8-22-18(15)10-13)24-19(20(25)26)9-12-11-23-16-4-2-1-3-14(12)16/h1-8,10-11,19,23H,9H2,(H,22,24)(H,25,26). The van der Waals surface area contributed by atoms with Crippen LogP contribution in [-0.2, 0) is 11.2 Å². The molecule has 0 aliphatic rings. The van der Waals surface area contributed by atoms with Gasteiger partial charge in [-0.1, -0.05) is 29.8 Å². The molecule has 2 aromatic carbocycles. The summed E-state index contributed by atoms with van der Waals surface area (Å²) in [5, 5.41) is 15.3. The van der Waals surface area contributed by atoms with Crippen LogP contribution in [0.25, 0.3) is 21.8 Å². The number of H-pyrrole nitrogens is 1. The molecular formula is C20H16ClN3O2. The van der Waals surface area contributed by atoms with Crippen molar-refractivity contribution in [1.29, 1.82) is 0 Å². The predicted molar refractivity (Wildman–Crippen MR) is 104 cm³/mol. The number of aromatic amines is 1. The third-order valence-electron chi connectivity index (χ3n) is 4.43. The molecule has 0 fully saturated rings. The monoisotopic (exact) mass is 365 g/mol. The maximum atomic E-state index is 11.8. The Morgan fingerprint density at radius 3 is 2.88 bits per heavy atom. The summed E-state index contributed by atoms with van der Waals surface area (Å²) in [6.07, 6.45) is 3.87. The minimum Gasteiger partial charge on any atom is -0.480 e. The highest BCUT2D eigenvalue weighted by molar-refractivity contribution is 6.31. The van der Waals surface area contributed by atoms with Crippen molar-refractivity contribution in [2.24, 2.45) is 0 Å². The molecule has 0 saturated carbocycles. The van der Waals surface area contributed by atoms with Crippen molar-refractivity contribution in [3.05, 3.63) is 71.5 Å². The second-order valence-electron chi connectivity index (χ2n) is 6.12. The molecule has 1 atom stereocenters. The van der Waals surface area contributed by atoms with Crippen molar-refractivity contribution in [2.45, 2.75) is 12.5 Å². The van der Waals surface area contributed by atoms with Gasteiger partial charge in [-0.15, -0.1) is 0 Å². The van der Waals surface area contributed by atoms with Gasteiger partial charge in [0.15, 0.2) is 0 Å². The second-order valence-corrected chi connectivity index (χ2v) is 6.56. The molecule has 5 nitrogen and oxygen atoms in total. The van der Waals surface area contributed by atoms with E-state index in [4.69, 9.17) is 11.6 Å². The predicted octanol–water partition coefficient (Wildman–Crippen LogP) is 4.48. The van der Waals surface area contributed by atoms with E-state index in [1.54, 1.807) is 24.4 Å². The minimum atomic E-state index is -0.908. The van der Waals surface area contributed by atoms with Gasteiger partial charge in [0, 0.05) is 45.8 Å². The number of rotatable bonds is 5. The number of para-hydroxylation sites is 1. The largest absolute Gasteiger partial charge is 0.480 e. The fraction of sp³-hybridized carbons (Fsp3) is 0.100. The van der Waals surface area contributed by atoms with Crippen LogP contribution in [0.1, 0.15) is 5.56 Å². The SMILES string of the molecule is O=C(O)C(Cc1c[nH]c2ccccc12)Nc1ccnc2cc(Cl)ccc12. The average Bonchev–Trinajstić information content (AvgIpc) is 3.04. The summed E-state index contributed by atoms with van der Waals surface area (Å²) in [6, 6.07) is 14.2. The molecule has 0 aliphatic carbocycles. The summed E-state index contributed by atoms with van der Waals surface area (Å²) in [5.74, 6) is -0.908. The lowest BCUT2D eigenvalue weighted by Gasteiger charge is -2.17. The van der Waals surface area contributed by atoms with Crippen LogP contribution in [0, 0.1) is 0 Å². The van der Waals surface area contributed by atoms with Crippen molar-refractivity contribution in [2.75, 3.05) is 5.32 Å². The Bertz CT molecular complexity index is 1110. The number of carbonyl (C=O) groups is 1. The Hall–Kier alpha value is -3.05. The number of fused-ring (bicyclic) bond motifs is 2. The number of aromatic nitrogens is 2. The number of benzene rings is 2. The van der Waals surface area contributed by atoms with E-state index in [0.717, 1.165) is 33.1 Å². The normalized spacial score (nSPS) is 12.3. The number of pyridine rings is 1. The van der Waals surface area contributed by atoms with Crippen molar-refractivity contribution in [3.8, 4) is 0 Å². The van der Waals surface area contributed by atoms with Crippen molar-refractivity contribution < 1.29 is 9.90 Å². The van der Waals surface area contributed by atoms with Gasteiger partial charge in [0.1, 0.15) is 6.04 Å². The lowest BCUT2D eigenvalue weighted by molar-refractivity contribution is -0.137. The molecule has 3 N–H and O–H groups in total. The van der Waals surface area contributed by atoms with Gasteiger partial charge >= 0.3 is 5.97 Å². The average molecular weight is 366 g/mol. The molecule has 0 saturated heterocycles. The van der Waals surface area contributed by atoms with E-state index in [0.29, 0.717) is 11.4 Å². The number of aliphatic carboxylic acids is 1. The molecular weight excluding hydrogens is 350 g/mol. The summed E-state index contributed by atoms with van der Waals surface area (Å²) in [4.78, 5) is 19.3. The first-order valence-corrected chi connectivity index (χ1v) is 8.58. The van der Waals surface area contributed by atoms with Crippen molar-refractivity contribution >= 4 is 45.1 Å². The third kappa shape index (κ3) is 3.09. The molecule has 0 radical (unpaired) electrons. The maximum absolute atomic E-state index is 11.8. The molecule has 130 valence electrons. The van der Waals surface area contributed by atoms with Crippen LogP contribution in [0.5, 0.6) is 0 Å². The van der Waals surface area contributed by atoms with E-state index < -0.39 is 12.0 Å². The maximum Gasteiger partial charge on any atom is 0.326 e. The summed E-state index contributed by atoms with van der Waals surface area (Å²) in [6.45, 7) is 0. The topological polar surface area (TPSA) is 78.0 Å². The molecule has 0 spiro atoms. The lowest BCUT2D eigenvalue weighted by Crippen LogP contribution is -2.31. The van der Waals surface area contributed by atoms with Crippen LogP contribution in [-0.4, -0.2) is 27.1 Å². The molecule has 2 heterocycles. The van der Waals surface area contributed by atoms with Crippen LogP contribution in [0.3, 0.4) is 0 Å². The van der Waals surface area contributed by atoms with Gasteiger partial charge in [-0.3, -0.25) is 4.98 Å². The van der Waals surface area contributed by atoms with E-state index in [1.165, 1.54) is 0 Å². The van der Waals surface area contributed by atoms with Crippen LogP contribution in [0.2, 0.25) is 5.02 Å². The Morgan fingerprint density at radius 2 is 2.04 bits per heavy atom. The third-order valence-corrected chi connectivity index (χ3v) is 4.67. The fourth-order valence-corrected chi connectivity index (χ4v) is 3.32. The van der Waals surface area contributed by atoms with Gasteiger partial charge in [-0.2, -0.15) is 0 Å². The van der Waals surface area contributed by atoms with Gasteiger partial charge in [0.2, 0.25) is 0 Å². The van der Waals surface area contributed by atoms with Crippen LogP contribution >= 0.6 is 11.6 Å². The summed E-state index contributed by atoms with van der Waals surface area (Å²) in [5.41, 5.74) is 3.40. The zero-order valence-corrected chi connectivity index (χ0v) is 14.5. The highest BCUT2D eigenvalue weighted by atomic mass is 35.5. The van der Waals surface area contributed by atoms with Gasteiger partial charge in [0.25, 0.3) is 0 Å². The zero-order valence-electron chi connectivity index (χ0n) is 13.7. The number of hydrogen-bond acceptors (Lipinski definition) is 3. The molecule has 2 aromatic heterocycles. The van der Waals surface area contributed by atoms with Crippen molar-refractivity contribution in [3.63, 3.8) is 0 Å². The minimum absolute atomic E-state index is 0.358. The number of nitrogens with one attached hydrogen (secondary N) is 2. The number of carboxylic acids is 1. The number of anilines is 1. The fourth-order valence-electron chi connectivity index (χ4n) is 3.16. The van der Waals surface area contributed by atoms with E-state index in [-0.39, 0.29) is 0 Å². The summed E-state index contributed by atoms with van der Waals surface area (Å²) < 4.78 is 0. The lowest BCUT2D eigenvalue weighted by atomic mass is 10.0. The first-order valence-electron chi connectivity index (χ1n) is 8.20. The summed E-state index contributed by atoms with van der Waals surface area (Å²) in [7, 11) is 0. The molecule has 4 rings (SSSR count). The number of carboxylic acid groups (broad SMARTS) is 1. The van der Waals surface area contributed by atoms with E-state index in [9.17, 15) is 9.90 Å². The van der Waals surface area contributed by atoms with Gasteiger partial charge in [-0.05, 0) is 35.9 Å². The Balaban J connectivity index is 1.67. The molecule has 1 unspecified atom stereocenters. The zero-order chi connectivity index (χ0) is 18.1. The molecule has 0 amide bonds. The highest BCUT2D eigenvalue weighted by Gasteiger charge is 2.20. The Kier molecular flexibility index (Phi) is 4.22. The molecule has 6 heteroatoms. The molecule has 4 aromatic rings. The second kappa shape index (κ2) is 6.69. The van der Waals surface area contributed by atoms with Crippen LogP contribution in [0.15, 0.2) is 60.9 Å². The Labute approximate surface area is 154 Å².